The molecule has 0 aromatic carbocycles. The summed E-state index contributed by atoms with van der Waals surface area (Å²) in [6, 6.07) is 1.76. The molecule has 2 rings (SSSR count). The first kappa shape index (κ1) is 12.3. The number of hydrogen-bond donors (Lipinski definition) is 0. The Bertz CT molecular complexity index is 561. The summed E-state index contributed by atoms with van der Waals surface area (Å²) in [7, 11) is 3.28. The second-order valence-electron chi connectivity index (χ2n) is 4.00. The van der Waals surface area contributed by atoms with Crippen LogP contribution in [0.1, 0.15) is 28.8 Å². The highest BCUT2D eigenvalue weighted by Gasteiger charge is 2.23. The highest BCUT2D eigenvalue weighted by Crippen LogP contribution is 2.21. The molecule has 2 aromatic rings. The van der Waals surface area contributed by atoms with Gasteiger partial charge in [0.25, 0.3) is 0 Å². The lowest BCUT2D eigenvalue weighted by Gasteiger charge is -2.06. The molecule has 2 aromatic heterocycles. The van der Waals surface area contributed by atoms with E-state index in [4.69, 9.17) is 4.74 Å². The third kappa shape index (κ3) is 1.90. The lowest BCUT2D eigenvalue weighted by molar-refractivity contribution is 0.101. The molecule has 2 heterocycles. The summed E-state index contributed by atoms with van der Waals surface area (Å²) in [6.45, 7) is 4.39. The zero-order valence-corrected chi connectivity index (χ0v) is 11.0. The van der Waals surface area contributed by atoms with Crippen LogP contribution in [0.2, 0.25) is 0 Å². The van der Waals surface area contributed by atoms with E-state index in [-0.39, 0.29) is 5.78 Å². The van der Waals surface area contributed by atoms with Gasteiger partial charge in [0.1, 0.15) is 5.69 Å². The zero-order valence-electron chi connectivity index (χ0n) is 11.0. The molecule has 0 aliphatic rings. The van der Waals surface area contributed by atoms with E-state index in [2.05, 4.69) is 10.2 Å². The first-order valence-corrected chi connectivity index (χ1v) is 5.73. The van der Waals surface area contributed by atoms with Crippen LogP contribution in [-0.2, 0) is 13.6 Å². The third-order valence-electron chi connectivity index (χ3n) is 2.78. The van der Waals surface area contributed by atoms with Crippen LogP contribution in [0.15, 0.2) is 12.3 Å². The van der Waals surface area contributed by atoms with Gasteiger partial charge in [-0.3, -0.25) is 14.2 Å². The van der Waals surface area contributed by atoms with E-state index < -0.39 is 0 Å². The van der Waals surface area contributed by atoms with Crippen molar-refractivity contribution >= 4 is 5.78 Å². The van der Waals surface area contributed by atoms with Crippen LogP contribution < -0.4 is 4.74 Å². The Hall–Kier alpha value is -2.11. The highest BCUT2D eigenvalue weighted by atomic mass is 16.5. The van der Waals surface area contributed by atoms with Crippen molar-refractivity contribution in [2.24, 2.45) is 7.05 Å². The lowest BCUT2D eigenvalue weighted by Crippen LogP contribution is -2.14. The van der Waals surface area contributed by atoms with E-state index >= 15 is 0 Å². The minimum absolute atomic E-state index is 0.130. The molecule has 6 heteroatoms. The van der Waals surface area contributed by atoms with Crippen molar-refractivity contribution in [3.05, 3.63) is 29.3 Å². The molecule has 0 unspecified atom stereocenters. The molecule has 0 spiro atoms. The largest absolute Gasteiger partial charge is 0.493 e. The Balaban J connectivity index is 2.51. The summed E-state index contributed by atoms with van der Waals surface area (Å²) in [5.74, 6) is 0.356. The fraction of sp³-hybridized carbons (Fsp3) is 0.417. The minimum atomic E-state index is -0.130. The molecule has 0 saturated heterocycles. The van der Waals surface area contributed by atoms with Gasteiger partial charge in [-0.05, 0) is 19.9 Å². The number of carbonyl (C=O) groups excluding carboxylic acids is 1. The first-order valence-electron chi connectivity index (χ1n) is 5.73. The van der Waals surface area contributed by atoms with Crippen LogP contribution in [-0.4, -0.2) is 32.5 Å². The van der Waals surface area contributed by atoms with Gasteiger partial charge in [-0.1, -0.05) is 0 Å². The van der Waals surface area contributed by atoms with E-state index in [1.54, 1.807) is 28.7 Å². The molecule has 6 nitrogen and oxygen atoms in total. The predicted molar refractivity (Wildman–Crippen MR) is 65.8 cm³/mol. The highest BCUT2D eigenvalue weighted by molar-refractivity contribution is 6.08. The van der Waals surface area contributed by atoms with Gasteiger partial charge in [0.05, 0.1) is 19.0 Å². The van der Waals surface area contributed by atoms with Crippen molar-refractivity contribution in [3.8, 4) is 5.75 Å². The van der Waals surface area contributed by atoms with Crippen LogP contribution in [0, 0.1) is 6.92 Å². The number of carbonyl (C=O) groups is 1. The smallest absolute Gasteiger partial charge is 0.232 e. The molecule has 96 valence electrons. The topological polar surface area (TPSA) is 61.9 Å². The fourth-order valence-electron chi connectivity index (χ4n) is 1.93. The number of methoxy groups -OCH3 is 1. The summed E-state index contributed by atoms with van der Waals surface area (Å²) in [5.41, 5.74) is 1.80. The maximum absolute atomic E-state index is 12.5. The van der Waals surface area contributed by atoms with Gasteiger partial charge in [-0.25, -0.2) is 0 Å². The quantitative estimate of drug-likeness (QED) is 0.762. The number of hydrogen-bond acceptors (Lipinski definition) is 4. The summed E-state index contributed by atoms with van der Waals surface area (Å²) < 4.78 is 8.39. The van der Waals surface area contributed by atoms with E-state index in [0.29, 0.717) is 23.7 Å². The van der Waals surface area contributed by atoms with Crippen LogP contribution >= 0.6 is 0 Å². The Morgan fingerprint density at radius 2 is 2.22 bits per heavy atom. The molecule has 0 amide bonds. The number of ketones is 1. The molecule has 0 aliphatic carbocycles. The van der Waals surface area contributed by atoms with Gasteiger partial charge in [-0.2, -0.15) is 10.2 Å². The number of aromatic nitrogens is 4. The maximum Gasteiger partial charge on any atom is 0.232 e. The van der Waals surface area contributed by atoms with E-state index in [1.165, 1.54) is 7.11 Å². The van der Waals surface area contributed by atoms with Crippen molar-refractivity contribution in [1.82, 2.24) is 19.6 Å². The number of rotatable bonds is 4. The second-order valence-corrected chi connectivity index (χ2v) is 4.00. The number of nitrogens with zero attached hydrogens (tertiary/aromatic N) is 4. The van der Waals surface area contributed by atoms with Crippen LogP contribution in [0.5, 0.6) is 5.75 Å². The van der Waals surface area contributed by atoms with E-state index in [1.807, 2.05) is 13.8 Å². The van der Waals surface area contributed by atoms with Gasteiger partial charge in [-0.15, -0.1) is 0 Å². The Labute approximate surface area is 105 Å². The van der Waals surface area contributed by atoms with Gasteiger partial charge >= 0.3 is 0 Å². The average molecular weight is 248 g/mol. The number of aryl methyl sites for hydroxylation is 3. The van der Waals surface area contributed by atoms with Crippen LogP contribution in [0.3, 0.4) is 0 Å². The summed E-state index contributed by atoms with van der Waals surface area (Å²) in [5, 5.41) is 8.31. The maximum atomic E-state index is 12.5. The third-order valence-corrected chi connectivity index (χ3v) is 2.78. The molecule has 0 saturated carbocycles. The fourth-order valence-corrected chi connectivity index (χ4v) is 1.93. The summed E-state index contributed by atoms with van der Waals surface area (Å²) in [6.07, 6.45) is 1.56. The predicted octanol–water partition coefficient (Wildman–Crippen LogP) is 1.18. The van der Waals surface area contributed by atoms with Gasteiger partial charge in [0.2, 0.25) is 5.78 Å². The molecule has 0 N–H and O–H groups in total. The van der Waals surface area contributed by atoms with E-state index in [0.717, 1.165) is 5.69 Å². The molecule has 0 radical (unpaired) electrons. The van der Waals surface area contributed by atoms with Crippen LogP contribution in [0.25, 0.3) is 0 Å². The minimum Gasteiger partial charge on any atom is -0.493 e. The zero-order chi connectivity index (χ0) is 13.3. The number of ether oxygens (including phenoxy) is 1. The normalized spacial score (nSPS) is 10.7. The molecule has 0 fully saturated rings. The first-order chi connectivity index (χ1) is 8.58. The average Bonchev–Trinajstić information content (AvgIpc) is 2.90. The van der Waals surface area contributed by atoms with E-state index in [9.17, 15) is 4.79 Å². The van der Waals surface area contributed by atoms with Crippen molar-refractivity contribution in [2.75, 3.05) is 7.11 Å². The van der Waals surface area contributed by atoms with Crippen molar-refractivity contribution in [3.63, 3.8) is 0 Å². The summed E-state index contributed by atoms with van der Waals surface area (Å²) in [4.78, 5) is 12.5. The van der Waals surface area contributed by atoms with Crippen molar-refractivity contribution in [2.45, 2.75) is 20.4 Å². The van der Waals surface area contributed by atoms with Crippen molar-refractivity contribution in [1.29, 1.82) is 0 Å². The molecule has 0 aliphatic heterocycles. The standard InChI is InChI=1S/C12H16N4O2/c1-5-16-11(10(18-4)7-13-16)12(17)9-6-8(2)14-15(9)3/h6-7H,5H2,1-4H3. The molecule has 0 bridgehead atoms. The Morgan fingerprint density at radius 1 is 1.50 bits per heavy atom. The SMILES string of the molecule is CCn1ncc(OC)c1C(=O)c1cc(C)nn1C. The summed E-state index contributed by atoms with van der Waals surface area (Å²) >= 11 is 0. The monoisotopic (exact) mass is 248 g/mol. The van der Waals surface area contributed by atoms with Gasteiger partial charge in [0, 0.05) is 13.6 Å². The molecule has 18 heavy (non-hydrogen) atoms. The Kier molecular flexibility index (Phi) is 3.18. The molecule has 0 atom stereocenters. The van der Waals surface area contributed by atoms with Crippen molar-refractivity contribution < 1.29 is 9.53 Å². The molecular formula is C12H16N4O2. The van der Waals surface area contributed by atoms with Crippen LogP contribution in [0.4, 0.5) is 0 Å². The second kappa shape index (κ2) is 4.64. The lowest BCUT2D eigenvalue weighted by atomic mass is 10.2. The Morgan fingerprint density at radius 3 is 2.72 bits per heavy atom. The van der Waals surface area contributed by atoms with Gasteiger partial charge < -0.3 is 4.74 Å². The molecular weight excluding hydrogens is 232 g/mol. The van der Waals surface area contributed by atoms with Gasteiger partial charge in [0.15, 0.2) is 11.4 Å².